The van der Waals surface area contributed by atoms with Crippen LogP contribution in [-0.2, 0) is 65.4 Å². The first-order valence-electron chi connectivity index (χ1n) is 38.0. The highest BCUT2D eigenvalue weighted by Crippen LogP contribution is 2.45. The second-order valence-corrected chi connectivity index (χ2v) is 29.4. The van der Waals surface area contributed by atoms with Crippen molar-refractivity contribution in [3.05, 3.63) is 24.3 Å². The molecule has 0 fully saturated rings. The summed E-state index contributed by atoms with van der Waals surface area (Å²) in [6.07, 6.45) is 57.6. The highest BCUT2D eigenvalue weighted by atomic mass is 31.2. The molecule has 0 amide bonds. The molecule has 0 aromatic carbocycles. The second kappa shape index (κ2) is 66.8. The third-order valence-corrected chi connectivity index (χ3v) is 18.6. The number of carbonyl (C=O) groups excluding carboxylic acids is 4. The number of hydrogen-bond acceptors (Lipinski definition) is 15. The van der Waals surface area contributed by atoms with Gasteiger partial charge in [-0.25, -0.2) is 9.13 Å². The quantitative estimate of drug-likeness (QED) is 0.0169. The van der Waals surface area contributed by atoms with Gasteiger partial charge in [0.05, 0.1) is 26.4 Å². The van der Waals surface area contributed by atoms with E-state index in [0.717, 1.165) is 109 Å². The molecule has 0 spiro atoms. The van der Waals surface area contributed by atoms with Crippen LogP contribution < -0.4 is 0 Å². The van der Waals surface area contributed by atoms with Crippen molar-refractivity contribution in [2.75, 3.05) is 39.6 Å². The number of phosphoric ester groups is 2. The van der Waals surface area contributed by atoms with Gasteiger partial charge in [0.25, 0.3) is 0 Å². The van der Waals surface area contributed by atoms with Gasteiger partial charge in [0.15, 0.2) is 12.2 Å². The number of esters is 4. The molecule has 0 aromatic rings. The lowest BCUT2D eigenvalue weighted by molar-refractivity contribution is -0.161. The van der Waals surface area contributed by atoms with Gasteiger partial charge in [-0.1, -0.05) is 309 Å². The predicted molar refractivity (Wildman–Crippen MR) is 377 cm³/mol. The van der Waals surface area contributed by atoms with E-state index in [0.29, 0.717) is 25.7 Å². The van der Waals surface area contributed by atoms with Crippen LogP contribution in [-0.4, -0.2) is 96.7 Å². The number of hydrogen-bond donors (Lipinski definition) is 3. The van der Waals surface area contributed by atoms with Gasteiger partial charge in [-0.15, -0.1) is 0 Å². The number of aliphatic hydroxyl groups is 1. The Morgan fingerprint density at radius 2 is 0.581 bits per heavy atom. The molecule has 0 bridgehead atoms. The molecule has 0 heterocycles. The average Bonchev–Trinajstić information content (AvgIpc) is 3.61. The summed E-state index contributed by atoms with van der Waals surface area (Å²) in [5.41, 5.74) is 0. The summed E-state index contributed by atoms with van der Waals surface area (Å²) in [6.45, 7) is 7.19. The average molecular weight is 1360 g/mol. The van der Waals surface area contributed by atoms with Crippen molar-refractivity contribution >= 4 is 39.5 Å². The van der Waals surface area contributed by atoms with Crippen LogP contribution in [0.1, 0.15) is 362 Å². The maximum Gasteiger partial charge on any atom is 0.472 e. The van der Waals surface area contributed by atoms with Crippen LogP contribution in [0, 0.1) is 5.92 Å². The van der Waals surface area contributed by atoms with Crippen LogP contribution >= 0.6 is 15.6 Å². The number of unbranched alkanes of at least 4 members (excludes halogenated alkanes) is 41. The van der Waals surface area contributed by atoms with Crippen LogP contribution in [0.25, 0.3) is 0 Å². The molecule has 0 aliphatic rings. The highest BCUT2D eigenvalue weighted by molar-refractivity contribution is 7.47. The van der Waals surface area contributed by atoms with E-state index in [-0.39, 0.29) is 25.7 Å². The topological polar surface area (TPSA) is 237 Å². The highest BCUT2D eigenvalue weighted by Gasteiger charge is 2.30. The standard InChI is InChI=1S/C74H140O17P2/c1-6-9-12-15-18-21-24-26-28-30-32-38-43-48-53-58-72(77)85-64-70(90-73(78)59-54-49-44-39-33-31-29-27-25-22-19-16-13-10-7-2)66-89-93(82,83)87-62-68(75)61-86-92(80,81)88-65-69(63-84-71(76)57-52-47-42-37-23-20-17-14-11-8-3)91-74(79)60-55-50-45-40-35-34-36-41-46-51-56-67(4)5/h22,25,27,29,67-70,75H,6-21,23-24,26,28,30-66H2,1-5H3,(H,80,81)(H,82,83)/b25-22-,29-27-/t68-,69+,70+/m0/s1. The fourth-order valence-corrected chi connectivity index (χ4v) is 12.4. The van der Waals surface area contributed by atoms with E-state index in [1.165, 1.54) is 173 Å². The molecule has 17 nitrogen and oxygen atoms in total. The zero-order valence-electron chi connectivity index (χ0n) is 59.9. The molecule has 0 saturated carbocycles. The molecule has 93 heavy (non-hydrogen) atoms. The minimum Gasteiger partial charge on any atom is -0.462 e. The first-order valence-corrected chi connectivity index (χ1v) is 40.9. The summed E-state index contributed by atoms with van der Waals surface area (Å²) in [4.78, 5) is 72.7. The molecule has 5 atom stereocenters. The zero-order chi connectivity index (χ0) is 68.4. The van der Waals surface area contributed by atoms with Crippen molar-refractivity contribution in [3.8, 4) is 0 Å². The van der Waals surface area contributed by atoms with Gasteiger partial charge < -0.3 is 33.8 Å². The minimum atomic E-state index is -4.96. The van der Waals surface area contributed by atoms with Crippen molar-refractivity contribution in [1.29, 1.82) is 0 Å². The molecule has 0 aliphatic heterocycles. The van der Waals surface area contributed by atoms with Crippen LogP contribution in [0.2, 0.25) is 0 Å². The summed E-state index contributed by atoms with van der Waals surface area (Å²) >= 11 is 0. The fourth-order valence-electron chi connectivity index (χ4n) is 10.8. The largest absolute Gasteiger partial charge is 0.472 e. The number of rotatable bonds is 72. The Morgan fingerprint density at radius 1 is 0.333 bits per heavy atom. The maximum atomic E-state index is 13.1. The third kappa shape index (κ3) is 67.9. The van der Waals surface area contributed by atoms with Gasteiger partial charge in [0.2, 0.25) is 0 Å². The lowest BCUT2D eigenvalue weighted by atomic mass is 10.0. The van der Waals surface area contributed by atoms with Crippen LogP contribution in [0.4, 0.5) is 0 Å². The lowest BCUT2D eigenvalue weighted by Gasteiger charge is -2.21. The molecule has 19 heteroatoms. The van der Waals surface area contributed by atoms with Crippen molar-refractivity contribution in [2.45, 2.75) is 380 Å². The first kappa shape index (κ1) is 90.5. The Morgan fingerprint density at radius 3 is 0.882 bits per heavy atom. The van der Waals surface area contributed by atoms with Gasteiger partial charge in [-0.2, -0.15) is 0 Å². The molecule has 548 valence electrons. The Labute approximate surface area is 567 Å². The number of ether oxygens (including phenoxy) is 4. The van der Waals surface area contributed by atoms with E-state index in [4.69, 9.17) is 37.0 Å². The molecular formula is C74H140O17P2. The minimum absolute atomic E-state index is 0.0857. The van der Waals surface area contributed by atoms with Crippen molar-refractivity contribution in [1.82, 2.24) is 0 Å². The predicted octanol–water partition coefficient (Wildman–Crippen LogP) is 21.2. The zero-order valence-corrected chi connectivity index (χ0v) is 61.7. The number of allylic oxidation sites excluding steroid dienone is 4. The number of phosphoric acid groups is 2. The smallest absolute Gasteiger partial charge is 0.462 e. The van der Waals surface area contributed by atoms with E-state index < -0.39 is 97.5 Å². The van der Waals surface area contributed by atoms with Gasteiger partial charge in [0.1, 0.15) is 19.3 Å². The first-order chi connectivity index (χ1) is 45.0. The Balaban J connectivity index is 5.28. The van der Waals surface area contributed by atoms with Gasteiger partial charge >= 0.3 is 39.5 Å². The molecule has 0 aliphatic carbocycles. The normalized spacial score (nSPS) is 14.2. The second-order valence-electron chi connectivity index (χ2n) is 26.5. The van der Waals surface area contributed by atoms with E-state index in [1.54, 1.807) is 0 Å². The number of aliphatic hydroxyl groups excluding tert-OH is 1. The molecule has 2 unspecified atom stereocenters. The molecule has 0 radical (unpaired) electrons. The Bertz CT molecular complexity index is 1880. The van der Waals surface area contributed by atoms with Gasteiger partial charge in [0, 0.05) is 25.7 Å². The van der Waals surface area contributed by atoms with Crippen LogP contribution in [0.5, 0.6) is 0 Å². The SMILES string of the molecule is CCCCCC/C=C\C=C/CCCCCCCC(=O)O[C@H](COC(=O)CCCCCCCCCCCCCCCCC)COP(=O)(O)OC[C@@H](O)COP(=O)(O)OC[C@@H](COC(=O)CCCCCCCCCCCC)OC(=O)CCCCCCCCCCCCC(C)C. The molecule has 0 aromatic heterocycles. The maximum absolute atomic E-state index is 13.1. The molecule has 0 saturated heterocycles. The van der Waals surface area contributed by atoms with Crippen molar-refractivity contribution in [3.63, 3.8) is 0 Å². The van der Waals surface area contributed by atoms with Crippen molar-refractivity contribution in [2.24, 2.45) is 5.92 Å². The monoisotopic (exact) mass is 1360 g/mol. The van der Waals surface area contributed by atoms with E-state index in [2.05, 4.69) is 58.9 Å². The van der Waals surface area contributed by atoms with Gasteiger partial charge in [-0.05, 0) is 57.3 Å². The lowest BCUT2D eigenvalue weighted by Crippen LogP contribution is -2.30. The summed E-state index contributed by atoms with van der Waals surface area (Å²) in [5.74, 6) is -1.40. The Kier molecular flexibility index (Phi) is 65.0. The summed E-state index contributed by atoms with van der Waals surface area (Å²) in [6, 6.07) is 0. The van der Waals surface area contributed by atoms with E-state index >= 15 is 0 Å². The molecule has 0 rings (SSSR count). The molecule has 3 N–H and O–H groups in total. The van der Waals surface area contributed by atoms with E-state index in [1.807, 2.05) is 0 Å². The Hall–Kier alpha value is -2.46. The van der Waals surface area contributed by atoms with Crippen LogP contribution in [0.3, 0.4) is 0 Å². The number of carbonyl (C=O) groups is 4. The summed E-state index contributed by atoms with van der Waals surface area (Å²) in [7, 11) is -9.92. The van der Waals surface area contributed by atoms with Crippen molar-refractivity contribution < 1.29 is 80.2 Å². The van der Waals surface area contributed by atoms with Crippen LogP contribution in [0.15, 0.2) is 24.3 Å². The fraction of sp³-hybridized carbons (Fsp3) is 0.892. The molecular weight excluding hydrogens is 1220 g/mol. The summed E-state index contributed by atoms with van der Waals surface area (Å²) in [5, 5.41) is 10.6. The third-order valence-electron chi connectivity index (χ3n) is 16.7. The van der Waals surface area contributed by atoms with Gasteiger partial charge in [-0.3, -0.25) is 37.3 Å². The van der Waals surface area contributed by atoms with E-state index in [9.17, 15) is 43.2 Å². The summed E-state index contributed by atoms with van der Waals surface area (Å²) < 4.78 is 68.4.